The number of hydrogen-bond donors (Lipinski definition) is 1. The molecule has 0 aliphatic carbocycles. The topological polar surface area (TPSA) is 58.6 Å². The molecule has 0 radical (unpaired) electrons. The van der Waals surface area contributed by atoms with Gasteiger partial charge in [0.2, 0.25) is 11.8 Å². The number of fused-ring (bicyclic) bond motifs is 2. The van der Waals surface area contributed by atoms with E-state index in [4.69, 9.17) is 4.74 Å². The Bertz CT molecular complexity index is 1050. The number of rotatable bonds is 5. The first-order valence-electron chi connectivity index (χ1n) is 9.62. The van der Waals surface area contributed by atoms with Gasteiger partial charge in [-0.25, -0.2) is 0 Å². The lowest BCUT2D eigenvalue weighted by molar-refractivity contribution is -0.134. The Kier molecular flexibility index (Phi) is 5.77. The minimum Gasteiger partial charge on any atom is -0.457 e. The number of anilines is 1. The van der Waals surface area contributed by atoms with Crippen LogP contribution in [-0.2, 0) is 9.59 Å². The summed E-state index contributed by atoms with van der Waals surface area (Å²) in [6, 6.07) is 22.7. The van der Waals surface area contributed by atoms with Crippen LogP contribution in [0.1, 0.15) is 17.0 Å². The highest BCUT2D eigenvalue weighted by molar-refractivity contribution is 7.98. The third kappa shape index (κ3) is 3.91. The molecule has 0 aromatic heterocycles. The largest absolute Gasteiger partial charge is 0.457 e. The number of amides is 2. The number of carbonyl (C=O) groups excluding carboxylic acids is 2. The molecule has 152 valence electrons. The Balaban J connectivity index is 1.55. The molecule has 3 aromatic carbocycles. The van der Waals surface area contributed by atoms with Crippen molar-refractivity contribution in [3.05, 3.63) is 83.9 Å². The van der Waals surface area contributed by atoms with E-state index >= 15 is 0 Å². The lowest BCUT2D eigenvalue weighted by Crippen LogP contribution is -2.38. The van der Waals surface area contributed by atoms with Crippen LogP contribution in [0.15, 0.2) is 77.7 Å². The third-order valence-corrected chi connectivity index (χ3v) is 5.86. The van der Waals surface area contributed by atoms with Crippen molar-refractivity contribution in [1.29, 1.82) is 0 Å². The van der Waals surface area contributed by atoms with Gasteiger partial charge in [0.05, 0.1) is 18.2 Å². The Hall–Kier alpha value is -3.25. The molecule has 0 saturated heterocycles. The van der Waals surface area contributed by atoms with Crippen LogP contribution in [0.25, 0.3) is 0 Å². The van der Waals surface area contributed by atoms with Gasteiger partial charge in [-0.05, 0) is 30.5 Å². The number of ether oxygens (including phenoxy) is 1. The van der Waals surface area contributed by atoms with Gasteiger partial charge in [0.1, 0.15) is 11.5 Å². The molecule has 30 heavy (non-hydrogen) atoms. The number of nitrogens with one attached hydrogen (secondary N) is 1. The molecule has 1 aliphatic rings. The second-order valence-electron chi connectivity index (χ2n) is 7.05. The first kappa shape index (κ1) is 20.0. The number of likely N-dealkylation sites (N-methyl/N-ethyl adjacent to an activating group) is 1. The number of carbonyl (C=O) groups is 2. The number of hydrogen-bond acceptors (Lipinski definition) is 4. The van der Waals surface area contributed by atoms with E-state index in [1.807, 2.05) is 79.1 Å². The molecular weight excluding hydrogens is 396 g/mol. The maximum absolute atomic E-state index is 13.4. The van der Waals surface area contributed by atoms with Crippen molar-refractivity contribution in [3.8, 4) is 11.5 Å². The van der Waals surface area contributed by atoms with Crippen LogP contribution in [0.3, 0.4) is 0 Å². The average Bonchev–Trinajstić information content (AvgIpc) is 2.77. The minimum absolute atomic E-state index is 0.0385. The molecular formula is C24H22N2O3S. The number of thioether (sulfide) groups is 1. The SMILES string of the molecule is CSc1ccccc1NC(=O)CN(C)C(=O)C1c2ccccc2Oc2ccccc21. The Labute approximate surface area is 180 Å². The van der Waals surface area contributed by atoms with Crippen molar-refractivity contribution in [2.45, 2.75) is 10.8 Å². The molecule has 0 spiro atoms. The maximum Gasteiger partial charge on any atom is 0.244 e. The summed E-state index contributed by atoms with van der Waals surface area (Å²) in [4.78, 5) is 28.5. The zero-order chi connectivity index (χ0) is 21.1. The molecule has 6 heteroatoms. The van der Waals surface area contributed by atoms with E-state index in [-0.39, 0.29) is 18.4 Å². The second-order valence-corrected chi connectivity index (χ2v) is 7.90. The zero-order valence-electron chi connectivity index (χ0n) is 16.8. The van der Waals surface area contributed by atoms with Crippen molar-refractivity contribution in [1.82, 2.24) is 4.90 Å². The molecule has 2 amide bonds. The first-order valence-corrected chi connectivity index (χ1v) is 10.8. The van der Waals surface area contributed by atoms with Crippen LogP contribution in [0.4, 0.5) is 5.69 Å². The standard InChI is InChI=1S/C24H22N2O3S/c1-26(15-22(27)25-18-11-5-8-14-21(18)30-2)24(28)23-16-9-3-6-12-19(16)29-20-13-7-4-10-17(20)23/h3-14,23H,15H2,1-2H3,(H,25,27). The summed E-state index contributed by atoms with van der Waals surface area (Å²) in [5.41, 5.74) is 2.36. The Morgan fingerprint density at radius 1 is 0.933 bits per heavy atom. The van der Waals surface area contributed by atoms with Crippen LogP contribution in [0, 0.1) is 0 Å². The smallest absolute Gasteiger partial charge is 0.244 e. The fourth-order valence-electron chi connectivity index (χ4n) is 3.63. The van der Waals surface area contributed by atoms with Gasteiger partial charge in [0.25, 0.3) is 0 Å². The van der Waals surface area contributed by atoms with E-state index in [1.165, 1.54) is 4.90 Å². The normalized spacial score (nSPS) is 12.3. The number of benzene rings is 3. The van der Waals surface area contributed by atoms with Gasteiger partial charge < -0.3 is 15.0 Å². The van der Waals surface area contributed by atoms with E-state index in [0.717, 1.165) is 21.7 Å². The lowest BCUT2D eigenvalue weighted by atomic mass is 9.87. The molecule has 3 aromatic rings. The van der Waals surface area contributed by atoms with E-state index in [2.05, 4.69) is 5.32 Å². The highest BCUT2D eigenvalue weighted by Crippen LogP contribution is 2.44. The van der Waals surface area contributed by atoms with Crippen molar-refractivity contribution in [3.63, 3.8) is 0 Å². The van der Waals surface area contributed by atoms with Gasteiger partial charge in [-0.1, -0.05) is 48.5 Å². The number of para-hydroxylation sites is 3. The molecule has 0 saturated carbocycles. The van der Waals surface area contributed by atoms with Gasteiger partial charge in [-0.2, -0.15) is 0 Å². The van der Waals surface area contributed by atoms with E-state index in [0.29, 0.717) is 11.5 Å². The summed E-state index contributed by atoms with van der Waals surface area (Å²) in [5, 5.41) is 2.91. The molecule has 5 nitrogen and oxygen atoms in total. The highest BCUT2D eigenvalue weighted by atomic mass is 32.2. The predicted octanol–water partition coefficient (Wildman–Crippen LogP) is 4.74. The van der Waals surface area contributed by atoms with Gasteiger partial charge in [0, 0.05) is 23.1 Å². The zero-order valence-corrected chi connectivity index (χ0v) is 17.6. The van der Waals surface area contributed by atoms with Crippen molar-refractivity contribution < 1.29 is 14.3 Å². The fourth-order valence-corrected chi connectivity index (χ4v) is 4.18. The highest BCUT2D eigenvalue weighted by Gasteiger charge is 2.34. The van der Waals surface area contributed by atoms with E-state index < -0.39 is 5.92 Å². The van der Waals surface area contributed by atoms with Gasteiger partial charge in [-0.3, -0.25) is 9.59 Å². The lowest BCUT2D eigenvalue weighted by Gasteiger charge is -2.30. The summed E-state index contributed by atoms with van der Waals surface area (Å²) >= 11 is 1.56. The van der Waals surface area contributed by atoms with Crippen LogP contribution in [0.5, 0.6) is 11.5 Å². The Morgan fingerprint density at radius 2 is 1.50 bits per heavy atom. The summed E-state index contributed by atoms with van der Waals surface area (Å²) in [6.07, 6.45) is 1.96. The summed E-state index contributed by atoms with van der Waals surface area (Å²) < 4.78 is 5.97. The fraction of sp³-hybridized carbons (Fsp3) is 0.167. The second kappa shape index (κ2) is 8.63. The van der Waals surface area contributed by atoms with Crippen LogP contribution < -0.4 is 10.1 Å². The summed E-state index contributed by atoms with van der Waals surface area (Å²) in [6.45, 7) is -0.0385. The molecule has 4 rings (SSSR count). The third-order valence-electron chi connectivity index (χ3n) is 5.06. The van der Waals surface area contributed by atoms with Crippen molar-refractivity contribution >= 4 is 29.3 Å². The summed E-state index contributed by atoms with van der Waals surface area (Å²) in [5.74, 6) is 0.442. The van der Waals surface area contributed by atoms with Gasteiger partial charge >= 0.3 is 0 Å². The van der Waals surface area contributed by atoms with Gasteiger partial charge in [-0.15, -0.1) is 11.8 Å². The van der Waals surface area contributed by atoms with Gasteiger partial charge in [0.15, 0.2) is 0 Å². The summed E-state index contributed by atoms with van der Waals surface area (Å²) in [7, 11) is 1.66. The molecule has 1 N–H and O–H groups in total. The molecule has 1 aliphatic heterocycles. The number of nitrogens with zero attached hydrogens (tertiary/aromatic N) is 1. The maximum atomic E-state index is 13.4. The molecule has 0 bridgehead atoms. The van der Waals surface area contributed by atoms with Crippen molar-refractivity contribution in [2.75, 3.05) is 25.2 Å². The van der Waals surface area contributed by atoms with Crippen LogP contribution in [0.2, 0.25) is 0 Å². The predicted molar refractivity (Wildman–Crippen MR) is 119 cm³/mol. The molecule has 0 unspecified atom stereocenters. The first-order chi connectivity index (χ1) is 14.6. The van der Waals surface area contributed by atoms with Crippen molar-refractivity contribution in [2.24, 2.45) is 0 Å². The average molecular weight is 419 g/mol. The minimum atomic E-state index is -0.512. The van der Waals surface area contributed by atoms with E-state index in [9.17, 15) is 9.59 Å². The monoisotopic (exact) mass is 418 g/mol. The quantitative estimate of drug-likeness (QED) is 0.608. The Morgan fingerprint density at radius 3 is 2.13 bits per heavy atom. The van der Waals surface area contributed by atoms with E-state index in [1.54, 1.807) is 18.8 Å². The molecule has 1 heterocycles. The van der Waals surface area contributed by atoms with Crippen LogP contribution in [-0.4, -0.2) is 36.6 Å². The molecule has 0 atom stereocenters. The van der Waals surface area contributed by atoms with Crippen LogP contribution >= 0.6 is 11.8 Å². The molecule has 0 fully saturated rings.